The Bertz CT molecular complexity index is 1390. The summed E-state index contributed by atoms with van der Waals surface area (Å²) in [4.78, 5) is 58.8. The minimum atomic E-state index is -0.827. The third-order valence-corrected chi connectivity index (χ3v) is 4.72. The van der Waals surface area contributed by atoms with Crippen LogP contribution >= 0.6 is 0 Å². The van der Waals surface area contributed by atoms with Crippen molar-refractivity contribution in [3.63, 3.8) is 0 Å². The van der Waals surface area contributed by atoms with Crippen molar-refractivity contribution in [1.29, 1.82) is 0 Å². The summed E-state index contributed by atoms with van der Waals surface area (Å²) < 4.78 is 4.98. The SMILES string of the molecule is CCOC(=O)c1cc(NC(=O)c2cc(N)cc([N+](=O)[O-])c2)cc(NC(=O)c2ccccc2[N+](=O)[O-])c1. The van der Waals surface area contributed by atoms with Crippen LogP contribution in [0.3, 0.4) is 0 Å². The van der Waals surface area contributed by atoms with Crippen LogP contribution in [0, 0.1) is 20.2 Å². The van der Waals surface area contributed by atoms with Gasteiger partial charge in [-0.05, 0) is 37.3 Å². The van der Waals surface area contributed by atoms with E-state index < -0.39 is 39.0 Å². The highest BCUT2D eigenvalue weighted by molar-refractivity contribution is 6.09. The monoisotopic (exact) mass is 493 g/mol. The van der Waals surface area contributed by atoms with Crippen LogP contribution in [0.4, 0.5) is 28.4 Å². The highest BCUT2D eigenvalue weighted by Crippen LogP contribution is 2.25. The molecule has 3 rings (SSSR count). The number of carbonyl (C=O) groups is 3. The Morgan fingerprint density at radius 2 is 1.50 bits per heavy atom. The second-order valence-electron chi connectivity index (χ2n) is 7.27. The fourth-order valence-corrected chi connectivity index (χ4v) is 3.20. The summed E-state index contributed by atoms with van der Waals surface area (Å²) in [6.45, 7) is 1.65. The van der Waals surface area contributed by atoms with Gasteiger partial charge < -0.3 is 21.1 Å². The van der Waals surface area contributed by atoms with Gasteiger partial charge in [-0.1, -0.05) is 12.1 Å². The normalized spacial score (nSPS) is 10.2. The molecule has 0 bridgehead atoms. The summed E-state index contributed by atoms with van der Waals surface area (Å²) >= 11 is 0. The predicted molar refractivity (Wildman–Crippen MR) is 129 cm³/mol. The van der Waals surface area contributed by atoms with Crippen LogP contribution in [-0.4, -0.2) is 34.2 Å². The number of nitrogens with two attached hydrogens (primary N) is 1. The van der Waals surface area contributed by atoms with Gasteiger partial charge in [-0.3, -0.25) is 29.8 Å². The zero-order valence-corrected chi connectivity index (χ0v) is 18.7. The highest BCUT2D eigenvalue weighted by Gasteiger charge is 2.21. The maximum atomic E-state index is 12.8. The second-order valence-corrected chi connectivity index (χ2v) is 7.27. The minimum Gasteiger partial charge on any atom is -0.462 e. The van der Waals surface area contributed by atoms with E-state index in [1.54, 1.807) is 6.92 Å². The van der Waals surface area contributed by atoms with Crippen molar-refractivity contribution in [3.05, 3.63) is 97.6 Å². The molecular weight excluding hydrogens is 474 g/mol. The van der Waals surface area contributed by atoms with E-state index >= 15 is 0 Å². The van der Waals surface area contributed by atoms with Gasteiger partial charge in [0.05, 0.1) is 22.0 Å². The van der Waals surface area contributed by atoms with E-state index in [0.29, 0.717) is 0 Å². The number of para-hydroxylation sites is 1. The number of hydrogen-bond donors (Lipinski definition) is 3. The lowest BCUT2D eigenvalue weighted by atomic mass is 10.1. The summed E-state index contributed by atoms with van der Waals surface area (Å²) in [7, 11) is 0. The number of rotatable bonds is 8. The summed E-state index contributed by atoms with van der Waals surface area (Å²) in [5.41, 5.74) is 4.52. The number of carbonyl (C=O) groups excluding carboxylic acids is 3. The lowest BCUT2D eigenvalue weighted by Crippen LogP contribution is -2.16. The Morgan fingerprint density at radius 3 is 2.11 bits per heavy atom. The Kier molecular flexibility index (Phi) is 7.54. The average Bonchev–Trinajstić information content (AvgIpc) is 2.83. The van der Waals surface area contributed by atoms with E-state index in [1.807, 2.05) is 0 Å². The van der Waals surface area contributed by atoms with Crippen molar-refractivity contribution in [2.45, 2.75) is 6.92 Å². The zero-order valence-electron chi connectivity index (χ0n) is 18.7. The molecule has 184 valence electrons. The quantitative estimate of drug-likeness (QED) is 0.181. The van der Waals surface area contributed by atoms with Crippen molar-refractivity contribution >= 4 is 46.2 Å². The topological polar surface area (TPSA) is 197 Å². The van der Waals surface area contributed by atoms with Crippen molar-refractivity contribution in [1.82, 2.24) is 0 Å². The number of nitrogen functional groups attached to an aromatic ring is 1. The molecule has 0 radical (unpaired) electrons. The van der Waals surface area contributed by atoms with Crippen LogP contribution in [0.2, 0.25) is 0 Å². The third kappa shape index (κ3) is 5.96. The molecule has 0 atom stereocenters. The van der Waals surface area contributed by atoms with Gasteiger partial charge in [0, 0.05) is 40.8 Å². The van der Waals surface area contributed by atoms with E-state index in [-0.39, 0.29) is 40.4 Å². The molecule has 0 aliphatic rings. The number of esters is 1. The lowest BCUT2D eigenvalue weighted by molar-refractivity contribution is -0.385. The maximum absolute atomic E-state index is 12.8. The Hall–Kier alpha value is -5.33. The van der Waals surface area contributed by atoms with Gasteiger partial charge in [0.25, 0.3) is 23.2 Å². The van der Waals surface area contributed by atoms with Crippen LogP contribution in [0.1, 0.15) is 38.0 Å². The van der Waals surface area contributed by atoms with Crippen molar-refractivity contribution < 1.29 is 29.0 Å². The molecule has 3 aromatic rings. The second kappa shape index (κ2) is 10.7. The Labute approximate surface area is 203 Å². The molecule has 36 heavy (non-hydrogen) atoms. The van der Waals surface area contributed by atoms with Crippen molar-refractivity contribution in [3.8, 4) is 0 Å². The number of nitrogens with one attached hydrogen (secondary N) is 2. The minimum absolute atomic E-state index is 0.00738. The van der Waals surface area contributed by atoms with Crippen molar-refractivity contribution in [2.24, 2.45) is 0 Å². The van der Waals surface area contributed by atoms with Gasteiger partial charge in [0.2, 0.25) is 0 Å². The molecule has 0 unspecified atom stereocenters. The molecule has 0 aliphatic carbocycles. The molecular formula is C23H19N5O8. The number of nitro groups is 2. The van der Waals surface area contributed by atoms with Crippen LogP contribution < -0.4 is 16.4 Å². The van der Waals surface area contributed by atoms with E-state index in [4.69, 9.17) is 10.5 Å². The molecule has 0 fully saturated rings. The molecule has 13 nitrogen and oxygen atoms in total. The first-order valence-corrected chi connectivity index (χ1v) is 10.3. The Morgan fingerprint density at radius 1 is 0.861 bits per heavy atom. The number of non-ortho nitro benzene ring substituents is 1. The standard InChI is InChI=1S/C23H19N5O8/c1-2-36-23(31)14-8-16(25-21(29)13-7-15(24)11-18(10-13)27(32)33)12-17(9-14)26-22(30)19-5-3-4-6-20(19)28(34)35/h3-12H,2,24H2,1H3,(H,25,29)(H,26,30). The molecule has 0 saturated carbocycles. The summed E-state index contributed by atoms with van der Waals surface area (Å²) in [5, 5.41) is 27.3. The van der Waals surface area contributed by atoms with E-state index in [2.05, 4.69) is 10.6 Å². The number of benzene rings is 3. The smallest absolute Gasteiger partial charge is 0.338 e. The predicted octanol–water partition coefficient (Wildman–Crippen LogP) is 3.77. The van der Waals surface area contributed by atoms with E-state index in [0.717, 1.165) is 12.1 Å². The van der Waals surface area contributed by atoms with E-state index in [1.165, 1.54) is 48.5 Å². The first kappa shape index (κ1) is 25.3. The van der Waals surface area contributed by atoms with Crippen LogP contribution in [0.5, 0.6) is 0 Å². The number of amides is 2. The van der Waals surface area contributed by atoms with Crippen LogP contribution in [0.25, 0.3) is 0 Å². The third-order valence-electron chi connectivity index (χ3n) is 4.72. The maximum Gasteiger partial charge on any atom is 0.338 e. The summed E-state index contributed by atoms with van der Waals surface area (Å²) in [6, 6.07) is 12.5. The molecule has 0 aromatic heterocycles. The fourth-order valence-electron chi connectivity index (χ4n) is 3.20. The Balaban J connectivity index is 1.96. The van der Waals surface area contributed by atoms with Gasteiger partial charge >= 0.3 is 5.97 Å². The summed E-state index contributed by atoms with van der Waals surface area (Å²) in [6.07, 6.45) is 0. The van der Waals surface area contributed by atoms with E-state index in [9.17, 15) is 34.6 Å². The molecule has 0 heterocycles. The first-order valence-electron chi connectivity index (χ1n) is 10.3. The number of nitro benzene ring substituents is 2. The number of ether oxygens (including phenoxy) is 1. The van der Waals surface area contributed by atoms with Gasteiger partial charge in [-0.25, -0.2) is 4.79 Å². The average molecular weight is 493 g/mol. The molecule has 0 aliphatic heterocycles. The van der Waals surface area contributed by atoms with Crippen LogP contribution in [-0.2, 0) is 4.74 Å². The van der Waals surface area contributed by atoms with Gasteiger partial charge in [0.1, 0.15) is 5.56 Å². The van der Waals surface area contributed by atoms with Gasteiger partial charge in [-0.15, -0.1) is 0 Å². The van der Waals surface area contributed by atoms with Gasteiger partial charge in [0.15, 0.2) is 0 Å². The number of anilines is 3. The van der Waals surface area contributed by atoms with Crippen molar-refractivity contribution in [2.75, 3.05) is 23.0 Å². The largest absolute Gasteiger partial charge is 0.462 e. The molecule has 0 spiro atoms. The first-order chi connectivity index (χ1) is 17.1. The number of nitrogens with zero attached hydrogens (tertiary/aromatic N) is 2. The molecule has 13 heteroatoms. The van der Waals surface area contributed by atoms with Crippen LogP contribution in [0.15, 0.2) is 60.7 Å². The zero-order chi connectivity index (χ0) is 26.4. The molecule has 0 saturated heterocycles. The summed E-state index contributed by atoms with van der Waals surface area (Å²) in [5.74, 6) is -2.36. The molecule has 3 aromatic carbocycles. The lowest BCUT2D eigenvalue weighted by Gasteiger charge is -2.12. The molecule has 2 amide bonds. The molecule has 4 N–H and O–H groups in total. The highest BCUT2D eigenvalue weighted by atomic mass is 16.6. The fraction of sp³-hybridized carbons (Fsp3) is 0.0870. The number of hydrogen-bond acceptors (Lipinski definition) is 9. The van der Waals surface area contributed by atoms with Gasteiger partial charge in [-0.2, -0.15) is 0 Å².